The van der Waals surface area contributed by atoms with Gasteiger partial charge in [-0.15, -0.1) is 23.2 Å². The molecule has 228 valence electrons. The van der Waals surface area contributed by atoms with Crippen LogP contribution in [0.5, 0.6) is 0 Å². The molecule has 5 amide bonds. The van der Waals surface area contributed by atoms with Gasteiger partial charge in [0.1, 0.15) is 16.4 Å². The van der Waals surface area contributed by atoms with E-state index in [-0.39, 0.29) is 42.4 Å². The molecule has 0 spiro atoms. The van der Waals surface area contributed by atoms with E-state index in [1.807, 2.05) is 13.8 Å². The molecule has 5 N–H and O–H groups in total. The number of alkyl halides is 2. The Labute approximate surface area is 250 Å². The molecular weight excluding hydrogens is 573 g/mol. The molecule has 3 aliphatic carbocycles. The predicted molar refractivity (Wildman–Crippen MR) is 152 cm³/mol. The van der Waals surface area contributed by atoms with Gasteiger partial charge in [0.05, 0.1) is 12.1 Å². The minimum absolute atomic E-state index is 0.0167. The first-order chi connectivity index (χ1) is 18.9. The molecule has 0 aromatic rings. The second-order valence-corrected chi connectivity index (χ2v) is 15.0. The molecule has 13 heteroatoms. The number of urea groups is 1. The van der Waals surface area contributed by atoms with Gasteiger partial charge in [0.25, 0.3) is 5.91 Å². The molecule has 0 radical (unpaired) electrons. The van der Waals surface area contributed by atoms with E-state index in [2.05, 4.69) is 16.0 Å². The molecule has 1 saturated heterocycles. The number of nitrogens with one attached hydrogen (secondary N) is 3. The molecule has 4 rings (SSSR count). The number of hydrogen-bond acceptors (Lipinski definition) is 6. The van der Waals surface area contributed by atoms with Crippen molar-refractivity contribution in [1.82, 2.24) is 20.9 Å². The molecule has 0 bridgehead atoms. The largest absolute Gasteiger partial charge is 0.363 e. The average Bonchev–Trinajstić information content (AvgIpc) is 3.80. The lowest BCUT2D eigenvalue weighted by Crippen LogP contribution is -2.62. The van der Waals surface area contributed by atoms with E-state index in [0.29, 0.717) is 0 Å². The van der Waals surface area contributed by atoms with E-state index in [4.69, 9.17) is 28.9 Å². The SMILES string of the molecule is CC(C)[C@H](NC(=O)N[C@H](C(=O)N1CC2[C@@H]([C@H]1C(=O)NC(CC1CC1)C(=O)C(N)=O)C2(Cl)Cl)C(C)(C)C)C(=O)C1CC1. The van der Waals surface area contributed by atoms with Crippen molar-refractivity contribution >= 4 is 58.5 Å². The highest BCUT2D eigenvalue weighted by molar-refractivity contribution is 6.51. The zero-order valence-electron chi connectivity index (χ0n) is 24.2. The average molecular weight is 615 g/mol. The van der Waals surface area contributed by atoms with Gasteiger partial charge >= 0.3 is 6.03 Å². The standard InChI is InChI=1S/C28H41Cl2N5O6/c1-12(2)18(20(36)14-8-9-14)33-26(41)34-22(27(3,4)5)25(40)35-11-15-17(28(15,29)30)19(35)24(39)32-16(10-13-6-7-13)21(37)23(31)38/h12-19,22H,6-11H2,1-5H3,(H2,31,38)(H,32,39)(H2,33,34,41)/t15?,16?,17-,18-,19-,22+/m0/s1. The summed E-state index contributed by atoms with van der Waals surface area (Å²) in [5, 5.41) is 8.13. The maximum Gasteiger partial charge on any atom is 0.316 e. The minimum Gasteiger partial charge on any atom is -0.363 e. The van der Waals surface area contributed by atoms with Crippen LogP contribution in [-0.4, -0.2) is 75.3 Å². The highest BCUT2D eigenvalue weighted by Crippen LogP contribution is 2.65. The van der Waals surface area contributed by atoms with Crippen molar-refractivity contribution in [1.29, 1.82) is 0 Å². The fourth-order valence-electron chi connectivity index (χ4n) is 5.80. The number of carbonyl (C=O) groups is 6. The van der Waals surface area contributed by atoms with Crippen LogP contribution in [0.1, 0.15) is 66.7 Å². The van der Waals surface area contributed by atoms with Gasteiger partial charge in [-0.1, -0.05) is 47.5 Å². The number of likely N-dealkylation sites (tertiary alicyclic amines) is 1. The molecule has 4 aliphatic rings. The van der Waals surface area contributed by atoms with Crippen molar-refractivity contribution in [3.05, 3.63) is 0 Å². The zero-order valence-corrected chi connectivity index (χ0v) is 25.7. The summed E-state index contributed by atoms with van der Waals surface area (Å²) in [6.45, 7) is 9.11. The number of rotatable bonds is 12. The number of ketones is 2. The van der Waals surface area contributed by atoms with Crippen LogP contribution in [0, 0.1) is 35.0 Å². The van der Waals surface area contributed by atoms with Crippen molar-refractivity contribution in [3.8, 4) is 0 Å². The fourth-order valence-corrected chi connectivity index (χ4v) is 6.62. The third kappa shape index (κ3) is 6.82. The number of Topliss-reactive ketones (excluding diaryl/α,β-unsaturated/α-hetero) is 2. The van der Waals surface area contributed by atoms with Crippen LogP contribution >= 0.6 is 23.2 Å². The third-order valence-corrected chi connectivity index (χ3v) is 9.72. The van der Waals surface area contributed by atoms with E-state index in [1.165, 1.54) is 4.90 Å². The molecule has 0 aromatic heterocycles. The molecule has 4 fully saturated rings. The number of piperidine rings is 1. The van der Waals surface area contributed by atoms with E-state index >= 15 is 0 Å². The number of halogens is 2. The first-order valence-electron chi connectivity index (χ1n) is 14.4. The topological polar surface area (TPSA) is 168 Å². The molecule has 1 heterocycles. The number of amides is 5. The van der Waals surface area contributed by atoms with Crippen LogP contribution in [0.3, 0.4) is 0 Å². The summed E-state index contributed by atoms with van der Waals surface area (Å²) < 4.78 is -1.23. The van der Waals surface area contributed by atoms with Crippen molar-refractivity contribution < 1.29 is 28.8 Å². The molecule has 2 unspecified atom stereocenters. The Kier molecular flexibility index (Phi) is 8.73. The fraction of sp³-hybridized carbons (Fsp3) is 0.786. The predicted octanol–water partition coefficient (Wildman–Crippen LogP) is 1.67. The number of carbonyl (C=O) groups excluding carboxylic acids is 6. The molecule has 6 atom stereocenters. The Morgan fingerprint density at radius 3 is 2.07 bits per heavy atom. The van der Waals surface area contributed by atoms with E-state index < -0.39 is 69.4 Å². The third-order valence-electron chi connectivity index (χ3n) is 8.65. The lowest BCUT2D eigenvalue weighted by atomic mass is 9.85. The van der Waals surface area contributed by atoms with Crippen LogP contribution in [0.25, 0.3) is 0 Å². The van der Waals surface area contributed by atoms with Gasteiger partial charge in [-0.2, -0.15) is 0 Å². The Morgan fingerprint density at radius 1 is 0.976 bits per heavy atom. The molecule has 0 aromatic carbocycles. The van der Waals surface area contributed by atoms with Crippen LogP contribution in [0.15, 0.2) is 0 Å². The molecule has 41 heavy (non-hydrogen) atoms. The van der Waals surface area contributed by atoms with Crippen LogP contribution in [0.4, 0.5) is 4.79 Å². The summed E-state index contributed by atoms with van der Waals surface area (Å²) in [5.74, 6) is -4.18. The van der Waals surface area contributed by atoms with Crippen molar-refractivity contribution in [2.75, 3.05) is 6.54 Å². The quantitative estimate of drug-likeness (QED) is 0.193. The summed E-state index contributed by atoms with van der Waals surface area (Å²) in [5.41, 5.74) is 4.46. The van der Waals surface area contributed by atoms with Gasteiger partial charge in [0, 0.05) is 24.3 Å². The van der Waals surface area contributed by atoms with Gasteiger partial charge in [-0.05, 0) is 36.5 Å². The summed E-state index contributed by atoms with van der Waals surface area (Å²) in [4.78, 5) is 79.0. The Morgan fingerprint density at radius 2 is 1.59 bits per heavy atom. The van der Waals surface area contributed by atoms with Gasteiger partial charge in [-0.3, -0.25) is 24.0 Å². The highest BCUT2D eigenvalue weighted by Gasteiger charge is 2.74. The molecule has 3 saturated carbocycles. The first kappa shape index (κ1) is 31.5. The molecular formula is C28H41Cl2N5O6. The summed E-state index contributed by atoms with van der Waals surface area (Å²) in [6, 6.07) is -4.62. The number of hydrogen-bond donors (Lipinski definition) is 4. The first-order valence-corrected chi connectivity index (χ1v) is 15.1. The normalized spacial score (nSPS) is 26.8. The van der Waals surface area contributed by atoms with Crippen molar-refractivity contribution in [2.24, 2.45) is 40.7 Å². The van der Waals surface area contributed by atoms with E-state index in [0.717, 1.165) is 25.7 Å². The molecule has 1 aliphatic heterocycles. The van der Waals surface area contributed by atoms with Crippen LogP contribution in [-0.2, 0) is 24.0 Å². The van der Waals surface area contributed by atoms with Gasteiger partial charge < -0.3 is 26.6 Å². The van der Waals surface area contributed by atoms with Crippen molar-refractivity contribution in [3.63, 3.8) is 0 Å². The lowest BCUT2D eigenvalue weighted by Gasteiger charge is -2.37. The summed E-state index contributed by atoms with van der Waals surface area (Å²) >= 11 is 12.9. The minimum atomic E-state index is -1.23. The molecule has 11 nitrogen and oxygen atoms in total. The number of nitrogens with zero attached hydrogens (tertiary/aromatic N) is 1. The zero-order chi connectivity index (χ0) is 30.6. The number of fused-ring (bicyclic) bond motifs is 1. The summed E-state index contributed by atoms with van der Waals surface area (Å²) in [7, 11) is 0. The van der Waals surface area contributed by atoms with E-state index in [1.54, 1.807) is 20.8 Å². The Balaban J connectivity index is 1.52. The maximum absolute atomic E-state index is 14.0. The van der Waals surface area contributed by atoms with Gasteiger partial charge in [-0.25, -0.2) is 4.79 Å². The summed E-state index contributed by atoms with van der Waals surface area (Å²) in [6.07, 6.45) is 3.66. The maximum atomic E-state index is 14.0. The lowest BCUT2D eigenvalue weighted by molar-refractivity contribution is -0.144. The smallest absolute Gasteiger partial charge is 0.316 e. The second-order valence-electron chi connectivity index (χ2n) is 13.5. The number of nitrogens with two attached hydrogens (primary N) is 1. The van der Waals surface area contributed by atoms with Gasteiger partial charge in [0.2, 0.25) is 17.6 Å². The van der Waals surface area contributed by atoms with Crippen LogP contribution in [0.2, 0.25) is 0 Å². The van der Waals surface area contributed by atoms with E-state index in [9.17, 15) is 28.8 Å². The monoisotopic (exact) mass is 613 g/mol. The van der Waals surface area contributed by atoms with Gasteiger partial charge in [0.15, 0.2) is 5.78 Å². The highest BCUT2D eigenvalue weighted by atomic mass is 35.5. The second kappa shape index (κ2) is 11.4. The van der Waals surface area contributed by atoms with Crippen molar-refractivity contribution in [2.45, 2.75) is 95.2 Å². The number of primary amides is 1. The Bertz CT molecular complexity index is 1130. The van der Waals surface area contributed by atoms with Crippen LogP contribution < -0.4 is 21.7 Å². The Hall–Kier alpha value is -2.40.